The third kappa shape index (κ3) is 5.67. The number of hydrogen-bond acceptors (Lipinski definition) is 6. The Morgan fingerprint density at radius 1 is 1.04 bits per heavy atom. The van der Waals surface area contributed by atoms with Crippen molar-refractivity contribution in [3.63, 3.8) is 0 Å². The van der Waals surface area contributed by atoms with Crippen LogP contribution in [0.2, 0.25) is 0 Å². The minimum atomic E-state index is -0.465. The Balaban J connectivity index is 1.38. The standard InChI is InChI=1S/C20H25N3O4/c1-26-20(25)18-8-7-17(27-18)14-22-9-11-23(12-10-22)15-19(24)21-13-16-5-3-2-4-6-16/h2-8H,9-15H2,1H3,(H,21,24). The number of methoxy groups -OCH3 is 1. The number of rotatable bonds is 7. The van der Waals surface area contributed by atoms with E-state index in [-0.39, 0.29) is 11.7 Å². The molecule has 0 spiro atoms. The zero-order chi connectivity index (χ0) is 19.1. The molecular weight excluding hydrogens is 346 g/mol. The lowest BCUT2D eigenvalue weighted by atomic mass is 10.2. The van der Waals surface area contributed by atoms with Gasteiger partial charge in [0.2, 0.25) is 11.7 Å². The summed E-state index contributed by atoms with van der Waals surface area (Å²) in [6.45, 7) is 4.95. The summed E-state index contributed by atoms with van der Waals surface area (Å²) in [5.74, 6) is 0.541. The molecule has 0 atom stereocenters. The summed E-state index contributed by atoms with van der Waals surface area (Å²) in [5.41, 5.74) is 1.10. The number of carbonyl (C=O) groups excluding carboxylic acids is 2. The molecule has 0 aliphatic carbocycles. The minimum Gasteiger partial charge on any atom is -0.463 e. The lowest BCUT2D eigenvalue weighted by Gasteiger charge is -2.33. The first kappa shape index (κ1) is 19.1. The number of esters is 1. The Kier molecular flexibility index (Phi) is 6.62. The molecule has 144 valence electrons. The summed E-state index contributed by atoms with van der Waals surface area (Å²) in [6, 6.07) is 13.3. The number of ether oxygens (including phenoxy) is 1. The number of carbonyl (C=O) groups is 2. The summed E-state index contributed by atoms with van der Waals surface area (Å²) >= 11 is 0. The van der Waals surface area contributed by atoms with E-state index in [4.69, 9.17) is 4.42 Å². The summed E-state index contributed by atoms with van der Waals surface area (Å²) < 4.78 is 10.2. The molecule has 0 radical (unpaired) electrons. The van der Waals surface area contributed by atoms with Crippen LogP contribution < -0.4 is 5.32 Å². The normalized spacial score (nSPS) is 15.4. The van der Waals surface area contributed by atoms with Gasteiger partial charge in [0.25, 0.3) is 0 Å². The molecule has 7 nitrogen and oxygen atoms in total. The van der Waals surface area contributed by atoms with Gasteiger partial charge in [0.15, 0.2) is 0 Å². The summed E-state index contributed by atoms with van der Waals surface area (Å²) in [4.78, 5) is 28.0. The van der Waals surface area contributed by atoms with Gasteiger partial charge >= 0.3 is 5.97 Å². The zero-order valence-corrected chi connectivity index (χ0v) is 15.5. The largest absolute Gasteiger partial charge is 0.463 e. The molecular formula is C20H25N3O4. The van der Waals surface area contributed by atoms with Gasteiger partial charge in [0.1, 0.15) is 5.76 Å². The second-order valence-electron chi connectivity index (χ2n) is 6.57. The molecule has 2 aromatic rings. The van der Waals surface area contributed by atoms with Crippen molar-refractivity contribution in [2.75, 3.05) is 39.8 Å². The molecule has 0 unspecified atom stereocenters. The fourth-order valence-corrected chi connectivity index (χ4v) is 3.05. The zero-order valence-electron chi connectivity index (χ0n) is 15.5. The highest BCUT2D eigenvalue weighted by Crippen LogP contribution is 2.13. The molecule has 3 rings (SSSR count). The first-order chi connectivity index (χ1) is 13.1. The Labute approximate surface area is 158 Å². The van der Waals surface area contributed by atoms with E-state index in [1.165, 1.54) is 7.11 Å². The highest BCUT2D eigenvalue weighted by atomic mass is 16.5. The van der Waals surface area contributed by atoms with Crippen molar-refractivity contribution in [3.8, 4) is 0 Å². The molecule has 1 amide bonds. The molecule has 2 heterocycles. The number of nitrogens with zero attached hydrogens (tertiary/aromatic N) is 2. The van der Waals surface area contributed by atoms with Crippen LogP contribution in [0.25, 0.3) is 0 Å². The predicted molar refractivity (Wildman–Crippen MR) is 100 cm³/mol. The van der Waals surface area contributed by atoms with E-state index in [1.54, 1.807) is 12.1 Å². The number of benzene rings is 1. The lowest BCUT2D eigenvalue weighted by molar-refractivity contribution is -0.122. The van der Waals surface area contributed by atoms with E-state index in [1.807, 2.05) is 30.3 Å². The van der Waals surface area contributed by atoms with Gasteiger partial charge in [0, 0.05) is 32.7 Å². The highest BCUT2D eigenvalue weighted by molar-refractivity contribution is 5.86. The lowest BCUT2D eigenvalue weighted by Crippen LogP contribution is -2.49. The Morgan fingerprint density at radius 3 is 2.44 bits per heavy atom. The maximum Gasteiger partial charge on any atom is 0.373 e. The van der Waals surface area contributed by atoms with Crippen molar-refractivity contribution >= 4 is 11.9 Å². The van der Waals surface area contributed by atoms with Crippen molar-refractivity contribution in [1.82, 2.24) is 15.1 Å². The second-order valence-corrected chi connectivity index (χ2v) is 6.57. The highest BCUT2D eigenvalue weighted by Gasteiger charge is 2.20. The topological polar surface area (TPSA) is 75.0 Å². The number of nitrogens with one attached hydrogen (secondary N) is 1. The average molecular weight is 371 g/mol. The third-order valence-electron chi connectivity index (χ3n) is 4.59. The smallest absolute Gasteiger partial charge is 0.373 e. The summed E-state index contributed by atoms with van der Waals surface area (Å²) in [5, 5.41) is 2.96. The Morgan fingerprint density at radius 2 is 1.74 bits per heavy atom. The van der Waals surface area contributed by atoms with Crippen LogP contribution in [0.1, 0.15) is 21.9 Å². The molecule has 1 aliphatic rings. The number of hydrogen-bond donors (Lipinski definition) is 1. The molecule has 1 fully saturated rings. The van der Waals surface area contributed by atoms with Gasteiger partial charge in [-0.25, -0.2) is 4.79 Å². The van der Waals surface area contributed by atoms with E-state index in [9.17, 15) is 9.59 Å². The van der Waals surface area contributed by atoms with E-state index in [0.717, 1.165) is 37.5 Å². The number of piperazine rings is 1. The van der Waals surface area contributed by atoms with Gasteiger partial charge in [-0.2, -0.15) is 0 Å². The fourth-order valence-electron chi connectivity index (χ4n) is 3.05. The maximum atomic E-state index is 12.1. The average Bonchev–Trinajstić information content (AvgIpc) is 3.16. The van der Waals surface area contributed by atoms with Crippen LogP contribution in [0.4, 0.5) is 0 Å². The van der Waals surface area contributed by atoms with Crippen molar-refractivity contribution in [3.05, 3.63) is 59.5 Å². The molecule has 27 heavy (non-hydrogen) atoms. The molecule has 1 saturated heterocycles. The number of furan rings is 1. The maximum absolute atomic E-state index is 12.1. The van der Waals surface area contributed by atoms with Gasteiger partial charge < -0.3 is 14.5 Å². The number of amides is 1. The molecule has 0 bridgehead atoms. The minimum absolute atomic E-state index is 0.0426. The third-order valence-corrected chi connectivity index (χ3v) is 4.59. The van der Waals surface area contributed by atoms with Crippen LogP contribution in [0, 0.1) is 0 Å². The Hall–Kier alpha value is -2.64. The van der Waals surface area contributed by atoms with Crippen molar-refractivity contribution in [1.29, 1.82) is 0 Å². The fraction of sp³-hybridized carbons (Fsp3) is 0.400. The van der Waals surface area contributed by atoms with Gasteiger partial charge in [-0.3, -0.25) is 14.6 Å². The van der Waals surface area contributed by atoms with E-state index >= 15 is 0 Å². The van der Waals surface area contributed by atoms with Crippen LogP contribution in [-0.4, -0.2) is 61.5 Å². The van der Waals surface area contributed by atoms with Crippen molar-refractivity contribution in [2.24, 2.45) is 0 Å². The van der Waals surface area contributed by atoms with Crippen LogP contribution in [0.3, 0.4) is 0 Å². The monoisotopic (exact) mass is 371 g/mol. The van der Waals surface area contributed by atoms with E-state index in [0.29, 0.717) is 19.6 Å². The van der Waals surface area contributed by atoms with E-state index in [2.05, 4.69) is 19.9 Å². The summed E-state index contributed by atoms with van der Waals surface area (Å²) in [6.07, 6.45) is 0. The van der Waals surface area contributed by atoms with Gasteiger partial charge in [-0.1, -0.05) is 30.3 Å². The van der Waals surface area contributed by atoms with Crippen molar-refractivity contribution in [2.45, 2.75) is 13.1 Å². The van der Waals surface area contributed by atoms with Crippen molar-refractivity contribution < 1.29 is 18.7 Å². The summed E-state index contributed by atoms with van der Waals surface area (Å²) in [7, 11) is 1.33. The molecule has 1 N–H and O–H groups in total. The quantitative estimate of drug-likeness (QED) is 0.744. The van der Waals surface area contributed by atoms with Gasteiger partial charge in [-0.05, 0) is 17.7 Å². The molecule has 1 aliphatic heterocycles. The molecule has 1 aromatic carbocycles. The molecule has 1 aromatic heterocycles. The first-order valence-corrected chi connectivity index (χ1v) is 9.06. The van der Waals surface area contributed by atoms with Gasteiger partial charge in [-0.15, -0.1) is 0 Å². The SMILES string of the molecule is COC(=O)c1ccc(CN2CCN(CC(=O)NCc3ccccc3)CC2)o1. The predicted octanol–water partition coefficient (Wildman–Crippen LogP) is 1.50. The van der Waals surface area contributed by atoms with Crippen LogP contribution in [0.5, 0.6) is 0 Å². The van der Waals surface area contributed by atoms with Crippen LogP contribution in [0.15, 0.2) is 46.9 Å². The second kappa shape index (κ2) is 9.34. The van der Waals surface area contributed by atoms with Gasteiger partial charge in [0.05, 0.1) is 20.2 Å². The molecule has 7 heteroatoms. The van der Waals surface area contributed by atoms with Crippen LogP contribution >= 0.6 is 0 Å². The van der Waals surface area contributed by atoms with Crippen LogP contribution in [-0.2, 0) is 22.6 Å². The molecule has 0 saturated carbocycles. The van der Waals surface area contributed by atoms with E-state index < -0.39 is 5.97 Å². The first-order valence-electron chi connectivity index (χ1n) is 9.06. The Bertz CT molecular complexity index is 752.